The van der Waals surface area contributed by atoms with Gasteiger partial charge in [-0.05, 0) is 0 Å². The van der Waals surface area contributed by atoms with Gasteiger partial charge < -0.3 is 0 Å². The summed E-state index contributed by atoms with van der Waals surface area (Å²) in [4.78, 5) is 0. The van der Waals surface area contributed by atoms with E-state index in [4.69, 9.17) is 37.9 Å². The quantitative estimate of drug-likeness (QED) is 0.196. The number of hydrogen-bond acceptors (Lipinski definition) is 12. The van der Waals surface area contributed by atoms with Crippen molar-refractivity contribution in [2.75, 3.05) is 62.3 Å². The number of methoxy groups -OCH3 is 8. The van der Waals surface area contributed by atoms with Crippen molar-refractivity contribution in [3.05, 3.63) is 72.8 Å². The maximum atomic E-state index is 6.03. The molecule has 0 spiro atoms. The second-order valence-electron chi connectivity index (χ2n) is 10.6. The van der Waals surface area contributed by atoms with E-state index in [1.807, 2.05) is 48.5 Å². The van der Waals surface area contributed by atoms with Crippen LogP contribution in [-0.2, 0) is 0 Å². The summed E-state index contributed by atoms with van der Waals surface area (Å²) in [5.74, 6) is 6.26. The predicted octanol–water partition coefficient (Wildman–Crippen LogP) is 3.16. The van der Waals surface area contributed by atoms with Gasteiger partial charge in [-0.25, -0.2) is 0 Å². The zero-order valence-electron chi connectivity index (χ0n) is 28.3. The van der Waals surface area contributed by atoms with Crippen molar-refractivity contribution in [2.24, 2.45) is 0 Å². The first-order chi connectivity index (χ1) is 22.9. The van der Waals surface area contributed by atoms with Gasteiger partial charge >= 0.3 is 328 Å². The molecule has 0 saturated carbocycles. The van der Waals surface area contributed by atoms with Crippen LogP contribution in [0.5, 0.6) is 46.0 Å². The maximum absolute atomic E-state index is 6.03. The summed E-state index contributed by atoms with van der Waals surface area (Å²) >= 11 is -8.36. The summed E-state index contributed by atoms with van der Waals surface area (Å²) in [6.45, 7) is 0. The molecule has 7 rings (SSSR count). The number of anilines is 4. The Morgan fingerprint density at radius 3 is 0.938 bits per heavy atom. The van der Waals surface area contributed by atoms with Gasteiger partial charge in [0.2, 0.25) is 0 Å². The predicted molar refractivity (Wildman–Crippen MR) is 197 cm³/mol. The van der Waals surface area contributed by atoms with Crippen LogP contribution in [0, 0.1) is 0 Å². The van der Waals surface area contributed by atoms with Gasteiger partial charge in [-0.3, -0.25) is 0 Å². The van der Waals surface area contributed by atoms with E-state index in [-0.39, 0.29) is 23.9 Å². The Morgan fingerprint density at radius 2 is 0.667 bits per heavy atom. The summed E-state index contributed by atoms with van der Waals surface area (Å²) in [6.07, 6.45) is 0. The molecule has 3 aliphatic heterocycles. The molecule has 0 radical (unpaired) electrons. The molecule has 0 N–H and O–H groups in total. The van der Waals surface area contributed by atoms with Crippen LogP contribution in [0.3, 0.4) is 0 Å². The van der Waals surface area contributed by atoms with Crippen LogP contribution in [0.15, 0.2) is 72.8 Å². The average molecular weight is 1080 g/mol. The number of nitrogens with zero attached hydrogens (tertiary/aromatic N) is 4. The zero-order valence-corrected chi connectivity index (χ0v) is 41.5. The van der Waals surface area contributed by atoms with Crippen molar-refractivity contribution in [3.63, 3.8) is 0 Å². The van der Waals surface area contributed by atoms with Crippen LogP contribution in [0.2, 0.25) is 0 Å². The van der Waals surface area contributed by atoms with Crippen LogP contribution in [0.1, 0.15) is 0 Å². The minimum absolute atomic E-state index is 0. The van der Waals surface area contributed by atoms with E-state index in [9.17, 15) is 0 Å². The first-order valence-electron chi connectivity index (χ1n) is 14.8. The van der Waals surface area contributed by atoms with Gasteiger partial charge in [-0.15, -0.1) is 0 Å². The molecule has 12 nitrogen and oxygen atoms in total. The van der Waals surface area contributed by atoms with Gasteiger partial charge in [0, 0.05) is 0 Å². The van der Waals surface area contributed by atoms with Gasteiger partial charge in [0.05, 0.1) is 0 Å². The first-order valence-corrected chi connectivity index (χ1v) is 26.6. The number of benzene rings is 4. The Kier molecular flexibility index (Phi) is 12.4. The third-order valence-electron chi connectivity index (χ3n) is 8.40. The Labute approximate surface area is 325 Å². The molecule has 2 bridgehead atoms. The van der Waals surface area contributed by atoms with Gasteiger partial charge in [-0.1, -0.05) is 0 Å². The molecule has 0 amide bonds. The molecule has 3 fully saturated rings. The normalized spacial score (nSPS) is 16.2. The average Bonchev–Trinajstić information content (AvgIpc) is 3.13. The molecule has 0 aliphatic carbocycles. The van der Waals surface area contributed by atoms with E-state index < -0.39 is 62.8 Å². The number of hydrogen-bond donors (Lipinski definition) is 0. The Bertz CT molecular complexity index is 1500. The Morgan fingerprint density at radius 1 is 0.396 bits per heavy atom. The summed E-state index contributed by atoms with van der Waals surface area (Å²) in [6, 6.07) is 24.1. The first kappa shape index (κ1) is 36.9. The summed E-state index contributed by atoms with van der Waals surface area (Å²) in [5, 5.41) is 0. The van der Waals surface area contributed by atoms with Gasteiger partial charge in [-0.2, -0.15) is 0 Å². The topological polar surface area (TPSA) is 86.8 Å². The molecular weight excluding hydrogens is 1040 g/mol. The molecular formula is C32H40N4O8Sn4+4. The Balaban J connectivity index is 0.00000451. The molecule has 16 heteroatoms. The second kappa shape index (κ2) is 16.1. The fourth-order valence-electron chi connectivity index (χ4n) is 6.09. The molecule has 248 valence electrons. The molecule has 48 heavy (non-hydrogen) atoms. The van der Waals surface area contributed by atoms with Gasteiger partial charge in [0.1, 0.15) is 0 Å². The SMILES string of the molecule is COc1ccc(OC)c([N]2[SnH+][N](c3cc(OC)ccc3OC)[SnH]3[N](c4cc(OC)ccc4OC)[SnH]2[N]3c2cc(OC)ccc2OC)c1.[SnH+3]. The van der Waals surface area contributed by atoms with Crippen molar-refractivity contribution in [3.8, 4) is 46.0 Å². The van der Waals surface area contributed by atoms with Crippen molar-refractivity contribution >= 4 is 110 Å². The van der Waals surface area contributed by atoms with E-state index in [0.717, 1.165) is 68.7 Å². The van der Waals surface area contributed by atoms with E-state index in [1.54, 1.807) is 56.9 Å². The number of rotatable bonds is 12. The van der Waals surface area contributed by atoms with E-state index in [2.05, 4.69) is 29.6 Å². The second-order valence-corrected chi connectivity index (χ2v) is 47.3. The zero-order chi connectivity index (χ0) is 33.2. The van der Waals surface area contributed by atoms with Crippen molar-refractivity contribution in [1.82, 2.24) is 0 Å². The standard InChI is InChI=1S/4C8H9NO2.4Sn.4H/c4*1-10-6-3-4-8(11-2)7(9)5-6;;;;;;;;/h4*3-5H,1-2H3;;;;;;;;/q;;;;;;+1;+3;;;;. The van der Waals surface area contributed by atoms with Crippen LogP contribution in [-0.4, -0.2) is 144 Å². The summed E-state index contributed by atoms with van der Waals surface area (Å²) in [5.41, 5.74) is 4.10. The van der Waals surface area contributed by atoms with Crippen molar-refractivity contribution in [2.45, 2.75) is 0 Å². The molecule has 3 saturated heterocycles. The fourth-order valence-corrected chi connectivity index (χ4v) is 111. The summed E-state index contributed by atoms with van der Waals surface area (Å²) < 4.78 is 58.0. The summed E-state index contributed by atoms with van der Waals surface area (Å²) in [7, 11) is 13.6. The van der Waals surface area contributed by atoms with Gasteiger partial charge in [0.25, 0.3) is 0 Å². The molecule has 4 aromatic carbocycles. The third-order valence-corrected chi connectivity index (χ3v) is 60.4. The van der Waals surface area contributed by atoms with Crippen molar-refractivity contribution < 1.29 is 37.9 Å². The van der Waals surface area contributed by atoms with E-state index >= 15 is 0 Å². The van der Waals surface area contributed by atoms with Crippen LogP contribution < -0.4 is 43.3 Å². The van der Waals surface area contributed by atoms with Crippen molar-refractivity contribution in [1.29, 1.82) is 0 Å². The molecule has 3 aliphatic rings. The van der Waals surface area contributed by atoms with E-state index in [1.165, 1.54) is 0 Å². The monoisotopic (exact) mass is 1090 g/mol. The van der Waals surface area contributed by atoms with Gasteiger partial charge in [0.15, 0.2) is 0 Å². The molecule has 0 unspecified atom stereocenters. The minimum atomic E-state index is -3.28. The fraction of sp³-hybridized carbons (Fsp3) is 0.250. The molecule has 4 aromatic rings. The van der Waals surface area contributed by atoms with Crippen LogP contribution in [0.4, 0.5) is 22.7 Å². The Hall–Kier alpha value is -2.33. The third kappa shape index (κ3) is 6.61. The molecule has 3 heterocycles. The van der Waals surface area contributed by atoms with Crippen LogP contribution in [0.25, 0.3) is 0 Å². The molecule has 0 aromatic heterocycles. The number of ether oxygens (including phenoxy) is 8. The molecule has 0 atom stereocenters. The number of fused-ring (bicyclic) bond motifs is 2. The van der Waals surface area contributed by atoms with Crippen LogP contribution >= 0.6 is 0 Å². The van der Waals surface area contributed by atoms with E-state index in [0.29, 0.717) is 0 Å².